The minimum Gasteiger partial charge on any atom is -0.396 e. The number of piperazine rings is 1. The van der Waals surface area contributed by atoms with Crippen LogP contribution in [-0.2, 0) is 6.42 Å². The zero-order valence-electron chi connectivity index (χ0n) is 15.1. The van der Waals surface area contributed by atoms with E-state index in [0.29, 0.717) is 11.7 Å². The summed E-state index contributed by atoms with van der Waals surface area (Å²) in [5.74, 6) is 0.857. The summed E-state index contributed by atoms with van der Waals surface area (Å²) in [5, 5.41) is 18.5. The molecule has 0 spiro atoms. The number of nitrogens with zero attached hydrogens (tertiary/aromatic N) is 4. The maximum Gasteiger partial charge on any atom is 0.142 e. The lowest BCUT2D eigenvalue weighted by atomic mass is 10.1. The molecule has 1 aliphatic heterocycles. The van der Waals surface area contributed by atoms with Crippen molar-refractivity contribution in [3.8, 4) is 6.07 Å². The van der Waals surface area contributed by atoms with Crippen molar-refractivity contribution in [2.24, 2.45) is 0 Å². The number of aliphatic hydroxyl groups excluding tert-OH is 1. The Labute approximate surface area is 155 Å². The maximum absolute atomic E-state index is 9.47. The quantitative estimate of drug-likeness (QED) is 0.831. The molecule has 1 atom stereocenters. The molecule has 26 heavy (non-hydrogen) atoms. The largest absolute Gasteiger partial charge is 0.396 e. The Kier molecular flexibility index (Phi) is 6.59. The third-order valence-corrected chi connectivity index (χ3v) is 4.99. The molecule has 0 amide bonds. The van der Waals surface area contributed by atoms with Crippen LogP contribution in [0, 0.1) is 11.3 Å². The topological polar surface area (TPSA) is 63.4 Å². The van der Waals surface area contributed by atoms with Crippen LogP contribution < -0.4 is 4.90 Å². The first-order valence-electron chi connectivity index (χ1n) is 9.31. The molecule has 2 heterocycles. The van der Waals surface area contributed by atoms with E-state index >= 15 is 0 Å². The Hall–Kier alpha value is -2.42. The fraction of sp³-hybridized carbons (Fsp3) is 0.429. The van der Waals surface area contributed by atoms with Gasteiger partial charge in [-0.2, -0.15) is 5.26 Å². The lowest BCUT2D eigenvalue weighted by molar-refractivity contribution is 0.140. The molecule has 0 saturated carbocycles. The highest BCUT2D eigenvalue weighted by atomic mass is 16.3. The van der Waals surface area contributed by atoms with Crippen LogP contribution in [-0.4, -0.2) is 53.8 Å². The average molecular weight is 350 g/mol. The highest BCUT2D eigenvalue weighted by molar-refractivity contribution is 5.42. The normalized spacial score (nSPS) is 17.8. The predicted molar refractivity (Wildman–Crippen MR) is 103 cm³/mol. The number of hydrogen-bond acceptors (Lipinski definition) is 5. The number of rotatable bonds is 7. The lowest BCUT2D eigenvalue weighted by Gasteiger charge is -2.42. The Bertz CT molecular complexity index is 728. The van der Waals surface area contributed by atoms with E-state index < -0.39 is 0 Å². The molecule has 1 unspecified atom stereocenters. The van der Waals surface area contributed by atoms with Gasteiger partial charge in [0.1, 0.15) is 17.6 Å². The fourth-order valence-corrected chi connectivity index (χ4v) is 3.61. The van der Waals surface area contributed by atoms with E-state index in [0.717, 1.165) is 51.3 Å². The van der Waals surface area contributed by atoms with Gasteiger partial charge in [0, 0.05) is 32.3 Å². The minimum atomic E-state index is 0.194. The molecule has 0 bridgehead atoms. The van der Waals surface area contributed by atoms with E-state index in [2.05, 4.69) is 51.2 Å². The molecule has 2 aromatic rings. The minimum absolute atomic E-state index is 0.194. The second-order valence-corrected chi connectivity index (χ2v) is 6.73. The van der Waals surface area contributed by atoms with Crippen molar-refractivity contribution in [1.82, 2.24) is 9.88 Å². The molecule has 1 saturated heterocycles. The van der Waals surface area contributed by atoms with Crippen LogP contribution in [0.5, 0.6) is 0 Å². The van der Waals surface area contributed by atoms with Gasteiger partial charge < -0.3 is 10.0 Å². The first-order valence-corrected chi connectivity index (χ1v) is 9.31. The van der Waals surface area contributed by atoms with Gasteiger partial charge in [0.05, 0.1) is 0 Å². The number of pyridine rings is 1. The standard InChI is InChI=1S/C21H26N4O/c22-16-19-9-4-10-21(23-19)25-14-13-24(20(17-25)11-15-26)12-5-8-18-6-2-1-3-7-18/h1-4,6-7,9-10,20,26H,5,8,11-15,17H2. The Morgan fingerprint density at radius 3 is 2.73 bits per heavy atom. The highest BCUT2D eigenvalue weighted by Crippen LogP contribution is 2.20. The zero-order valence-corrected chi connectivity index (χ0v) is 15.1. The summed E-state index contributed by atoms with van der Waals surface area (Å²) in [6.07, 6.45) is 2.96. The number of benzene rings is 1. The Morgan fingerprint density at radius 1 is 1.12 bits per heavy atom. The van der Waals surface area contributed by atoms with Gasteiger partial charge in [0.25, 0.3) is 0 Å². The SMILES string of the molecule is N#Cc1cccc(N2CCN(CCCc3ccccc3)C(CCO)C2)n1. The van der Waals surface area contributed by atoms with Crippen LogP contribution in [0.4, 0.5) is 5.82 Å². The molecular weight excluding hydrogens is 324 g/mol. The smallest absolute Gasteiger partial charge is 0.142 e. The highest BCUT2D eigenvalue weighted by Gasteiger charge is 2.27. The summed E-state index contributed by atoms with van der Waals surface area (Å²) in [4.78, 5) is 9.14. The molecule has 1 aliphatic rings. The molecule has 5 heteroatoms. The van der Waals surface area contributed by atoms with Gasteiger partial charge in [-0.1, -0.05) is 36.4 Å². The van der Waals surface area contributed by atoms with Crippen LogP contribution in [0.25, 0.3) is 0 Å². The van der Waals surface area contributed by atoms with E-state index in [1.807, 2.05) is 12.1 Å². The molecule has 1 fully saturated rings. The number of anilines is 1. The fourth-order valence-electron chi connectivity index (χ4n) is 3.61. The zero-order chi connectivity index (χ0) is 18.2. The van der Waals surface area contributed by atoms with Crippen molar-refractivity contribution in [2.45, 2.75) is 25.3 Å². The van der Waals surface area contributed by atoms with Crippen LogP contribution >= 0.6 is 0 Å². The van der Waals surface area contributed by atoms with Crippen molar-refractivity contribution >= 4 is 5.82 Å². The number of hydrogen-bond donors (Lipinski definition) is 1. The first kappa shape index (κ1) is 18.4. The number of nitriles is 1. The summed E-state index contributed by atoms with van der Waals surface area (Å²) in [5.41, 5.74) is 1.83. The van der Waals surface area contributed by atoms with E-state index in [1.54, 1.807) is 6.07 Å². The molecule has 5 nitrogen and oxygen atoms in total. The molecule has 1 aromatic heterocycles. The Balaban J connectivity index is 1.58. The van der Waals surface area contributed by atoms with Gasteiger partial charge in [0.15, 0.2) is 0 Å². The molecule has 1 aromatic carbocycles. The monoisotopic (exact) mass is 350 g/mol. The van der Waals surface area contributed by atoms with E-state index in [-0.39, 0.29) is 6.61 Å². The second kappa shape index (κ2) is 9.33. The summed E-state index contributed by atoms with van der Waals surface area (Å²) >= 11 is 0. The van der Waals surface area contributed by atoms with Gasteiger partial charge in [-0.3, -0.25) is 4.90 Å². The molecule has 1 N–H and O–H groups in total. The summed E-state index contributed by atoms with van der Waals surface area (Å²) in [7, 11) is 0. The van der Waals surface area contributed by atoms with Crippen molar-refractivity contribution in [2.75, 3.05) is 37.7 Å². The summed E-state index contributed by atoms with van der Waals surface area (Å²) in [6.45, 7) is 3.93. The van der Waals surface area contributed by atoms with Crippen LogP contribution in [0.2, 0.25) is 0 Å². The van der Waals surface area contributed by atoms with Gasteiger partial charge in [0.2, 0.25) is 0 Å². The van der Waals surface area contributed by atoms with Crippen molar-refractivity contribution in [3.63, 3.8) is 0 Å². The maximum atomic E-state index is 9.47. The Morgan fingerprint density at radius 2 is 1.96 bits per heavy atom. The van der Waals surface area contributed by atoms with E-state index in [9.17, 15) is 5.11 Å². The molecule has 3 rings (SSSR count). The van der Waals surface area contributed by atoms with Gasteiger partial charge in [-0.15, -0.1) is 0 Å². The second-order valence-electron chi connectivity index (χ2n) is 6.73. The lowest BCUT2D eigenvalue weighted by Crippen LogP contribution is -2.54. The van der Waals surface area contributed by atoms with E-state index in [1.165, 1.54) is 5.56 Å². The van der Waals surface area contributed by atoms with Crippen molar-refractivity contribution in [3.05, 3.63) is 59.8 Å². The number of aromatic nitrogens is 1. The van der Waals surface area contributed by atoms with Crippen LogP contribution in [0.3, 0.4) is 0 Å². The first-order chi connectivity index (χ1) is 12.8. The third kappa shape index (κ3) is 4.81. The predicted octanol–water partition coefficient (Wildman–Crippen LogP) is 2.46. The van der Waals surface area contributed by atoms with Crippen LogP contribution in [0.1, 0.15) is 24.1 Å². The average Bonchev–Trinajstić information content (AvgIpc) is 2.70. The van der Waals surface area contributed by atoms with Gasteiger partial charge in [-0.25, -0.2) is 4.98 Å². The van der Waals surface area contributed by atoms with Crippen LogP contribution in [0.15, 0.2) is 48.5 Å². The van der Waals surface area contributed by atoms with Crippen molar-refractivity contribution in [1.29, 1.82) is 5.26 Å². The molecule has 136 valence electrons. The third-order valence-electron chi connectivity index (χ3n) is 4.99. The molecular formula is C21H26N4O. The molecule has 0 aliphatic carbocycles. The molecule has 0 radical (unpaired) electrons. The summed E-state index contributed by atoms with van der Waals surface area (Å²) in [6, 6.07) is 18.6. The van der Waals surface area contributed by atoms with Gasteiger partial charge in [-0.05, 0) is 43.5 Å². The van der Waals surface area contributed by atoms with Crippen molar-refractivity contribution < 1.29 is 5.11 Å². The van der Waals surface area contributed by atoms with Gasteiger partial charge >= 0.3 is 0 Å². The summed E-state index contributed by atoms with van der Waals surface area (Å²) < 4.78 is 0. The number of aliphatic hydroxyl groups is 1. The number of aryl methyl sites for hydroxylation is 1. The van der Waals surface area contributed by atoms with E-state index in [4.69, 9.17) is 5.26 Å².